The second kappa shape index (κ2) is 6.82. The predicted molar refractivity (Wildman–Crippen MR) is 103 cm³/mol. The van der Waals surface area contributed by atoms with E-state index < -0.39 is 0 Å². The van der Waals surface area contributed by atoms with Gasteiger partial charge in [0.1, 0.15) is 4.60 Å². The zero-order chi connectivity index (χ0) is 17.2. The lowest BCUT2D eigenvalue weighted by Crippen LogP contribution is -2.05. The fourth-order valence-corrected chi connectivity index (χ4v) is 3.17. The molecule has 4 aromatic rings. The smallest absolute Gasteiger partial charge is 0.181 e. The molecular formula is C18H13BrClN5. The molecule has 0 aliphatic carbocycles. The Bertz CT molecular complexity index is 1030. The summed E-state index contributed by atoms with van der Waals surface area (Å²) < 4.78 is 2.79. The average Bonchev–Trinajstić information content (AvgIpc) is 3.02. The molecule has 0 aliphatic heterocycles. The third kappa shape index (κ3) is 3.23. The maximum atomic E-state index is 6.34. The Kier molecular flexibility index (Phi) is 4.38. The van der Waals surface area contributed by atoms with Gasteiger partial charge in [0, 0.05) is 30.7 Å². The first-order chi connectivity index (χ1) is 12.2. The molecule has 0 aliphatic rings. The summed E-state index contributed by atoms with van der Waals surface area (Å²) in [4.78, 5) is 13.3. The van der Waals surface area contributed by atoms with E-state index >= 15 is 0 Å². The van der Waals surface area contributed by atoms with E-state index in [9.17, 15) is 0 Å². The van der Waals surface area contributed by atoms with Crippen molar-refractivity contribution in [2.75, 3.05) is 5.32 Å². The Morgan fingerprint density at radius 3 is 2.80 bits per heavy atom. The van der Waals surface area contributed by atoms with Crippen molar-refractivity contribution in [2.24, 2.45) is 0 Å². The van der Waals surface area contributed by atoms with Gasteiger partial charge >= 0.3 is 0 Å². The van der Waals surface area contributed by atoms with Crippen molar-refractivity contribution in [3.8, 4) is 11.3 Å². The van der Waals surface area contributed by atoms with Crippen LogP contribution in [0.5, 0.6) is 0 Å². The first-order valence-electron chi connectivity index (χ1n) is 7.63. The molecule has 3 aromatic heterocycles. The monoisotopic (exact) mass is 413 g/mol. The van der Waals surface area contributed by atoms with Gasteiger partial charge < -0.3 is 5.32 Å². The van der Waals surface area contributed by atoms with Gasteiger partial charge in [0.05, 0.1) is 16.9 Å². The molecule has 3 heterocycles. The van der Waals surface area contributed by atoms with Crippen LogP contribution in [0, 0.1) is 0 Å². The minimum atomic E-state index is 0.604. The Morgan fingerprint density at radius 2 is 2.00 bits per heavy atom. The molecule has 0 fully saturated rings. The average molecular weight is 415 g/mol. The van der Waals surface area contributed by atoms with Crippen molar-refractivity contribution in [2.45, 2.75) is 6.54 Å². The highest BCUT2D eigenvalue weighted by Crippen LogP contribution is 2.29. The summed E-state index contributed by atoms with van der Waals surface area (Å²) in [6.07, 6.45) is 7.25. The van der Waals surface area contributed by atoms with Crippen LogP contribution < -0.4 is 5.32 Å². The first-order valence-corrected chi connectivity index (χ1v) is 8.81. The van der Waals surface area contributed by atoms with E-state index in [0.29, 0.717) is 17.4 Å². The van der Waals surface area contributed by atoms with Crippen molar-refractivity contribution >= 4 is 39.0 Å². The fourth-order valence-electron chi connectivity index (χ4n) is 2.57. The van der Waals surface area contributed by atoms with E-state index in [1.54, 1.807) is 12.4 Å². The second-order valence-electron chi connectivity index (χ2n) is 5.44. The number of rotatable bonds is 4. The normalized spacial score (nSPS) is 11.0. The Morgan fingerprint density at radius 1 is 1.12 bits per heavy atom. The van der Waals surface area contributed by atoms with Gasteiger partial charge in [-0.15, -0.1) is 0 Å². The minimum Gasteiger partial charge on any atom is -0.363 e. The van der Waals surface area contributed by atoms with Crippen molar-refractivity contribution < 1.29 is 0 Å². The van der Waals surface area contributed by atoms with Gasteiger partial charge in [-0.3, -0.25) is 9.38 Å². The number of benzene rings is 1. The molecule has 0 saturated heterocycles. The van der Waals surface area contributed by atoms with Crippen LogP contribution in [0.4, 0.5) is 5.82 Å². The standard InChI is InChI=1S/C18H13BrClN5/c19-16-10-23-18-17(22-9-12-4-3-7-21-8-12)24-15(11-25(16)18)13-5-1-2-6-14(13)20/h1-8,10-11H,9H2,(H,22,24). The van der Waals surface area contributed by atoms with Crippen LogP contribution in [-0.4, -0.2) is 19.4 Å². The summed E-state index contributed by atoms with van der Waals surface area (Å²) in [5, 5.41) is 4.00. The predicted octanol–water partition coefficient (Wildman–Crippen LogP) is 4.82. The molecule has 0 spiro atoms. The molecule has 0 amide bonds. The van der Waals surface area contributed by atoms with Crippen LogP contribution in [-0.2, 0) is 6.54 Å². The molecule has 7 heteroatoms. The summed E-state index contributed by atoms with van der Waals surface area (Å²) in [5.74, 6) is 0.687. The van der Waals surface area contributed by atoms with Crippen molar-refractivity contribution in [3.05, 3.63) is 76.4 Å². The van der Waals surface area contributed by atoms with Crippen LogP contribution in [0.15, 0.2) is 65.8 Å². The topological polar surface area (TPSA) is 55.1 Å². The third-order valence-electron chi connectivity index (χ3n) is 3.78. The van der Waals surface area contributed by atoms with E-state index in [4.69, 9.17) is 16.6 Å². The zero-order valence-electron chi connectivity index (χ0n) is 13.0. The number of anilines is 1. The molecule has 4 rings (SSSR count). The summed E-state index contributed by atoms with van der Waals surface area (Å²) in [6.45, 7) is 0.604. The highest BCUT2D eigenvalue weighted by molar-refractivity contribution is 9.10. The summed E-state index contributed by atoms with van der Waals surface area (Å²) in [5.41, 5.74) is 3.45. The van der Waals surface area contributed by atoms with Gasteiger partial charge in [-0.1, -0.05) is 35.9 Å². The molecular weight excluding hydrogens is 402 g/mol. The Labute approximate surface area is 157 Å². The van der Waals surface area contributed by atoms with Gasteiger partial charge in [-0.2, -0.15) is 0 Å². The van der Waals surface area contributed by atoms with Crippen LogP contribution in [0.3, 0.4) is 0 Å². The number of imidazole rings is 1. The van der Waals surface area contributed by atoms with Crippen molar-refractivity contribution in [1.29, 1.82) is 0 Å². The maximum absolute atomic E-state index is 6.34. The van der Waals surface area contributed by atoms with Crippen LogP contribution in [0.1, 0.15) is 5.56 Å². The summed E-state index contributed by atoms with van der Waals surface area (Å²) in [7, 11) is 0. The van der Waals surface area contributed by atoms with E-state index in [0.717, 1.165) is 27.1 Å². The highest BCUT2D eigenvalue weighted by Gasteiger charge is 2.13. The Hall–Kier alpha value is -2.44. The molecule has 1 N–H and O–H groups in total. The molecule has 1 aromatic carbocycles. The van der Waals surface area contributed by atoms with Crippen LogP contribution >= 0.6 is 27.5 Å². The lowest BCUT2D eigenvalue weighted by atomic mass is 10.1. The lowest BCUT2D eigenvalue weighted by Gasteiger charge is -2.11. The number of aromatic nitrogens is 4. The number of hydrogen-bond donors (Lipinski definition) is 1. The number of pyridine rings is 1. The quantitative estimate of drug-likeness (QED) is 0.520. The largest absolute Gasteiger partial charge is 0.363 e. The van der Waals surface area contributed by atoms with Crippen molar-refractivity contribution in [1.82, 2.24) is 19.4 Å². The molecule has 0 atom stereocenters. The number of nitrogens with zero attached hydrogens (tertiary/aromatic N) is 4. The second-order valence-corrected chi connectivity index (χ2v) is 6.66. The third-order valence-corrected chi connectivity index (χ3v) is 4.70. The number of fused-ring (bicyclic) bond motifs is 1. The van der Waals surface area contributed by atoms with Gasteiger partial charge in [0.15, 0.2) is 11.5 Å². The number of halogens is 2. The number of hydrogen-bond acceptors (Lipinski definition) is 4. The molecule has 25 heavy (non-hydrogen) atoms. The van der Waals surface area contributed by atoms with E-state index in [2.05, 4.69) is 31.2 Å². The van der Waals surface area contributed by atoms with Gasteiger partial charge in [0.2, 0.25) is 0 Å². The molecule has 124 valence electrons. The summed E-state index contributed by atoms with van der Waals surface area (Å²) in [6, 6.07) is 11.6. The zero-order valence-corrected chi connectivity index (χ0v) is 15.4. The summed E-state index contributed by atoms with van der Waals surface area (Å²) >= 11 is 9.87. The highest BCUT2D eigenvalue weighted by atomic mass is 79.9. The van der Waals surface area contributed by atoms with Gasteiger partial charge in [-0.25, -0.2) is 9.97 Å². The lowest BCUT2D eigenvalue weighted by molar-refractivity contribution is 1.05. The van der Waals surface area contributed by atoms with E-state index in [-0.39, 0.29) is 0 Å². The maximum Gasteiger partial charge on any atom is 0.181 e. The minimum absolute atomic E-state index is 0.604. The molecule has 5 nitrogen and oxygen atoms in total. The Balaban J connectivity index is 1.78. The van der Waals surface area contributed by atoms with Gasteiger partial charge in [0.25, 0.3) is 0 Å². The molecule has 0 bridgehead atoms. The van der Waals surface area contributed by atoms with E-state index in [1.165, 1.54) is 0 Å². The fraction of sp³-hybridized carbons (Fsp3) is 0.0556. The van der Waals surface area contributed by atoms with Gasteiger partial charge in [-0.05, 0) is 33.6 Å². The van der Waals surface area contributed by atoms with Crippen LogP contribution in [0.2, 0.25) is 5.02 Å². The van der Waals surface area contributed by atoms with Crippen molar-refractivity contribution in [3.63, 3.8) is 0 Å². The molecule has 0 saturated carbocycles. The SMILES string of the molecule is Clc1ccccc1-c1cn2c(Br)cnc2c(NCc2cccnc2)n1. The number of nitrogens with one attached hydrogen (secondary N) is 1. The van der Waals surface area contributed by atoms with E-state index in [1.807, 2.05) is 53.2 Å². The molecule has 0 unspecified atom stereocenters. The van der Waals surface area contributed by atoms with Crippen LogP contribution in [0.25, 0.3) is 16.9 Å². The molecule has 0 radical (unpaired) electrons. The first kappa shape index (κ1) is 16.1.